The van der Waals surface area contributed by atoms with Gasteiger partial charge in [0, 0.05) is 36.0 Å². The van der Waals surface area contributed by atoms with Crippen molar-refractivity contribution in [2.45, 2.75) is 13.5 Å². The van der Waals surface area contributed by atoms with Gasteiger partial charge in [0.25, 0.3) is 0 Å². The van der Waals surface area contributed by atoms with E-state index in [9.17, 15) is 4.39 Å². The van der Waals surface area contributed by atoms with E-state index in [1.807, 2.05) is 6.07 Å². The van der Waals surface area contributed by atoms with Gasteiger partial charge in [-0.1, -0.05) is 0 Å². The molecule has 28 heavy (non-hydrogen) atoms. The van der Waals surface area contributed by atoms with Crippen molar-refractivity contribution in [2.24, 2.45) is 0 Å². The van der Waals surface area contributed by atoms with E-state index < -0.39 is 5.82 Å². The van der Waals surface area contributed by atoms with Crippen LogP contribution in [0, 0.1) is 12.7 Å². The highest BCUT2D eigenvalue weighted by molar-refractivity contribution is 5.53. The van der Waals surface area contributed by atoms with Gasteiger partial charge in [-0.25, -0.2) is 4.98 Å². The van der Waals surface area contributed by atoms with E-state index in [0.29, 0.717) is 35.0 Å². The van der Waals surface area contributed by atoms with Gasteiger partial charge in [-0.05, 0) is 19.1 Å². The minimum atomic E-state index is -0.614. The Morgan fingerprint density at radius 2 is 1.89 bits per heavy atom. The summed E-state index contributed by atoms with van der Waals surface area (Å²) in [5, 5.41) is 2.97. The first kappa shape index (κ1) is 19.2. The van der Waals surface area contributed by atoms with Crippen molar-refractivity contribution in [3.63, 3.8) is 0 Å². The van der Waals surface area contributed by atoms with Crippen LogP contribution in [-0.4, -0.2) is 24.2 Å². The van der Waals surface area contributed by atoms with Gasteiger partial charge < -0.3 is 25.3 Å². The van der Waals surface area contributed by atoms with Crippen LogP contribution in [0.25, 0.3) is 0 Å². The molecule has 2 aromatic heterocycles. The molecule has 1 aromatic carbocycles. The van der Waals surface area contributed by atoms with Gasteiger partial charge >= 0.3 is 0 Å². The van der Waals surface area contributed by atoms with Crippen LogP contribution in [0.15, 0.2) is 42.9 Å². The Balaban J connectivity index is 1.79. The van der Waals surface area contributed by atoms with Crippen LogP contribution in [0.3, 0.4) is 0 Å². The van der Waals surface area contributed by atoms with Gasteiger partial charge in [0.15, 0.2) is 17.3 Å². The number of rotatable bonds is 7. The lowest BCUT2D eigenvalue weighted by molar-refractivity contribution is 0.391. The van der Waals surface area contributed by atoms with Crippen molar-refractivity contribution < 1.29 is 18.6 Å². The molecule has 3 aromatic rings. The van der Waals surface area contributed by atoms with Crippen LogP contribution in [0.5, 0.6) is 23.0 Å². The fourth-order valence-corrected chi connectivity index (χ4v) is 2.55. The molecule has 0 unspecified atom stereocenters. The van der Waals surface area contributed by atoms with E-state index in [-0.39, 0.29) is 11.6 Å². The molecule has 2 heterocycles. The smallest absolute Gasteiger partial charge is 0.207 e. The standard InChI is InChI=1S/C20H21FN4O3/c1-12-15(22)10-23-11-18(12)28-16-6-7-24-20(19(16)21)25-9-13-4-5-14(26-2)8-17(13)27-3/h4-8,10-11H,9,22H2,1-3H3,(H,24,25). The molecular formula is C20H21FN4O3. The fourth-order valence-electron chi connectivity index (χ4n) is 2.55. The van der Waals surface area contributed by atoms with Crippen molar-refractivity contribution in [1.29, 1.82) is 0 Å². The van der Waals surface area contributed by atoms with E-state index in [4.69, 9.17) is 19.9 Å². The van der Waals surface area contributed by atoms with E-state index >= 15 is 0 Å². The van der Waals surface area contributed by atoms with Crippen molar-refractivity contribution in [3.05, 3.63) is 59.8 Å². The summed E-state index contributed by atoms with van der Waals surface area (Å²) in [5.41, 5.74) is 7.80. The highest BCUT2D eigenvalue weighted by atomic mass is 19.1. The van der Waals surface area contributed by atoms with Crippen LogP contribution in [-0.2, 0) is 6.54 Å². The van der Waals surface area contributed by atoms with Gasteiger partial charge in [-0.3, -0.25) is 4.98 Å². The Morgan fingerprint density at radius 1 is 1.07 bits per heavy atom. The van der Waals surface area contributed by atoms with Gasteiger partial charge in [-0.15, -0.1) is 0 Å². The molecule has 0 saturated heterocycles. The third-order valence-corrected chi connectivity index (χ3v) is 4.22. The summed E-state index contributed by atoms with van der Waals surface area (Å²) in [6.45, 7) is 2.08. The third kappa shape index (κ3) is 4.06. The van der Waals surface area contributed by atoms with Gasteiger partial charge in [-0.2, -0.15) is 4.39 Å². The van der Waals surface area contributed by atoms with E-state index in [0.717, 1.165) is 5.56 Å². The zero-order chi connectivity index (χ0) is 20.1. The summed E-state index contributed by atoms with van der Waals surface area (Å²) in [7, 11) is 3.14. The summed E-state index contributed by atoms with van der Waals surface area (Å²) < 4.78 is 31.0. The van der Waals surface area contributed by atoms with Crippen LogP contribution in [0.2, 0.25) is 0 Å². The number of nitrogens with zero attached hydrogens (tertiary/aromatic N) is 2. The lowest BCUT2D eigenvalue weighted by Crippen LogP contribution is -2.06. The molecule has 8 heteroatoms. The summed E-state index contributed by atoms with van der Waals surface area (Å²) in [5.74, 6) is 1.15. The topological polar surface area (TPSA) is 91.5 Å². The minimum Gasteiger partial charge on any atom is -0.497 e. The minimum absolute atomic E-state index is 0.0229. The Hall–Kier alpha value is -3.55. The maximum Gasteiger partial charge on any atom is 0.207 e. The summed E-state index contributed by atoms with van der Waals surface area (Å²) in [6.07, 6.45) is 4.46. The van der Waals surface area contributed by atoms with Gasteiger partial charge in [0.1, 0.15) is 11.5 Å². The Bertz CT molecular complexity index is 982. The van der Waals surface area contributed by atoms with Crippen LogP contribution >= 0.6 is 0 Å². The number of hydrogen-bond acceptors (Lipinski definition) is 7. The predicted octanol–water partition coefficient (Wildman–Crippen LogP) is 3.93. The molecule has 0 atom stereocenters. The highest BCUT2D eigenvalue weighted by Gasteiger charge is 2.14. The van der Waals surface area contributed by atoms with Gasteiger partial charge in [0.2, 0.25) is 5.82 Å². The molecule has 7 nitrogen and oxygen atoms in total. The van der Waals surface area contributed by atoms with Crippen LogP contribution in [0.1, 0.15) is 11.1 Å². The number of nitrogens with two attached hydrogens (primary N) is 1. The zero-order valence-electron chi connectivity index (χ0n) is 15.8. The number of hydrogen-bond donors (Lipinski definition) is 2. The van der Waals surface area contributed by atoms with Crippen LogP contribution < -0.4 is 25.3 Å². The Kier molecular flexibility index (Phi) is 5.78. The second kappa shape index (κ2) is 8.43. The van der Waals surface area contributed by atoms with Crippen molar-refractivity contribution in [2.75, 3.05) is 25.3 Å². The first-order valence-electron chi connectivity index (χ1n) is 8.50. The average Bonchev–Trinajstić information content (AvgIpc) is 2.71. The number of methoxy groups -OCH3 is 2. The van der Waals surface area contributed by atoms with Crippen molar-refractivity contribution >= 4 is 11.5 Å². The SMILES string of the molecule is COc1ccc(CNc2nccc(Oc3cncc(N)c3C)c2F)c(OC)c1. The molecule has 0 aliphatic carbocycles. The summed E-state index contributed by atoms with van der Waals surface area (Å²) in [6, 6.07) is 6.84. The van der Waals surface area contributed by atoms with E-state index in [1.165, 1.54) is 24.7 Å². The van der Waals surface area contributed by atoms with E-state index in [1.54, 1.807) is 33.3 Å². The predicted molar refractivity (Wildman–Crippen MR) is 105 cm³/mol. The third-order valence-electron chi connectivity index (χ3n) is 4.22. The van der Waals surface area contributed by atoms with Crippen molar-refractivity contribution in [3.8, 4) is 23.0 Å². The lowest BCUT2D eigenvalue weighted by atomic mass is 10.2. The first-order valence-corrected chi connectivity index (χ1v) is 8.50. The second-order valence-corrected chi connectivity index (χ2v) is 5.96. The van der Waals surface area contributed by atoms with Crippen molar-refractivity contribution in [1.82, 2.24) is 9.97 Å². The number of anilines is 2. The number of ether oxygens (including phenoxy) is 3. The second-order valence-electron chi connectivity index (χ2n) is 5.96. The maximum atomic E-state index is 14.8. The molecule has 0 radical (unpaired) electrons. The molecule has 0 spiro atoms. The zero-order valence-corrected chi connectivity index (χ0v) is 15.8. The fraction of sp³-hybridized carbons (Fsp3) is 0.200. The first-order chi connectivity index (χ1) is 13.5. The molecule has 146 valence electrons. The van der Waals surface area contributed by atoms with Crippen LogP contribution in [0.4, 0.5) is 15.9 Å². The molecule has 3 rings (SSSR count). The average molecular weight is 384 g/mol. The molecule has 3 N–H and O–H groups in total. The number of benzene rings is 1. The molecule has 0 aliphatic rings. The summed E-state index contributed by atoms with van der Waals surface area (Å²) in [4.78, 5) is 8.03. The number of nitrogens with one attached hydrogen (secondary N) is 1. The largest absolute Gasteiger partial charge is 0.497 e. The number of aromatic nitrogens is 2. The highest BCUT2D eigenvalue weighted by Crippen LogP contribution is 2.31. The number of pyridine rings is 2. The Labute approximate surface area is 162 Å². The molecule has 0 amide bonds. The monoisotopic (exact) mass is 384 g/mol. The maximum absolute atomic E-state index is 14.8. The Morgan fingerprint density at radius 3 is 2.64 bits per heavy atom. The number of nitrogen functional groups attached to an aromatic ring is 1. The molecule has 0 bridgehead atoms. The lowest BCUT2D eigenvalue weighted by Gasteiger charge is -2.14. The summed E-state index contributed by atoms with van der Waals surface area (Å²) >= 11 is 0. The quantitative estimate of drug-likeness (QED) is 0.638. The number of halogens is 1. The normalized spacial score (nSPS) is 10.4. The molecule has 0 fully saturated rings. The molecule has 0 saturated carbocycles. The molecule has 0 aliphatic heterocycles. The van der Waals surface area contributed by atoms with Gasteiger partial charge in [0.05, 0.1) is 32.3 Å². The molecular weight excluding hydrogens is 363 g/mol. The van der Waals surface area contributed by atoms with E-state index in [2.05, 4.69) is 15.3 Å².